The van der Waals surface area contributed by atoms with Gasteiger partial charge in [-0.15, -0.1) is 0 Å². The smallest absolute Gasteiger partial charge is 0.273 e. The number of ether oxygens (including phenoxy) is 1. The highest BCUT2D eigenvalue weighted by Crippen LogP contribution is 2.33. The lowest BCUT2D eigenvalue weighted by Crippen LogP contribution is -2.37. The number of aryl methyl sites for hydroxylation is 3. The molecule has 1 aliphatic rings. The normalized spacial score (nSPS) is 21.3. The van der Waals surface area contributed by atoms with Gasteiger partial charge in [0, 0.05) is 31.0 Å². The van der Waals surface area contributed by atoms with E-state index >= 15 is 0 Å². The number of aromatic nitrogens is 3. The highest BCUT2D eigenvalue weighted by atomic mass is 16.5. The van der Waals surface area contributed by atoms with Crippen molar-refractivity contribution in [3.05, 3.63) is 34.5 Å². The average molecular weight is 304 g/mol. The number of carbonyl (C=O) groups is 1. The van der Waals surface area contributed by atoms with Crippen LogP contribution in [0.4, 0.5) is 0 Å². The van der Waals surface area contributed by atoms with Crippen LogP contribution in [0.2, 0.25) is 0 Å². The maximum Gasteiger partial charge on any atom is 0.273 e. The Hall–Kier alpha value is -2.15. The summed E-state index contributed by atoms with van der Waals surface area (Å²) < 4.78 is 12.6. The van der Waals surface area contributed by atoms with Crippen LogP contribution >= 0.6 is 0 Å². The van der Waals surface area contributed by atoms with Gasteiger partial charge in [0.15, 0.2) is 5.69 Å². The maximum atomic E-state index is 12.3. The first-order chi connectivity index (χ1) is 10.5. The fourth-order valence-corrected chi connectivity index (χ4v) is 2.94. The van der Waals surface area contributed by atoms with Crippen LogP contribution in [0, 0.1) is 20.8 Å². The Morgan fingerprint density at radius 3 is 2.77 bits per heavy atom. The number of hydrogen-bond donors (Lipinski definition) is 1. The summed E-state index contributed by atoms with van der Waals surface area (Å²) in [6.07, 6.45) is 0.590. The van der Waals surface area contributed by atoms with Crippen LogP contribution in [0.25, 0.3) is 0 Å². The van der Waals surface area contributed by atoms with Crippen LogP contribution in [-0.4, -0.2) is 33.5 Å². The van der Waals surface area contributed by atoms with Gasteiger partial charge >= 0.3 is 0 Å². The Morgan fingerprint density at radius 1 is 1.41 bits per heavy atom. The van der Waals surface area contributed by atoms with Gasteiger partial charge in [-0.2, -0.15) is 5.10 Å². The molecule has 0 aliphatic carbocycles. The van der Waals surface area contributed by atoms with Crippen molar-refractivity contribution < 1.29 is 14.1 Å². The standard InChI is InChI=1S/C15H20N4O3/c1-8-7-12(18-22-8)15(20)16-11-5-6-21-14(11)13-9(2)17-19(4)10(13)3/h7,11,14H,5-6H2,1-4H3,(H,16,20)/t11-,14-/m0/s1. The predicted molar refractivity (Wildman–Crippen MR) is 78.5 cm³/mol. The van der Waals surface area contributed by atoms with Gasteiger partial charge in [-0.1, -0.05) is 5.16 Å². The molecule has 2 atom stereocenters. The zero-order valence-corrected chi connectivity index (χ0v) is 13.2. The molecule has 1 fully saturated rings. The summed E-state index contributed by atoms with van der Waals surface area (Å²) >= 11 is 0. The molecule has 1 N–H and O–H groups in total. The van der Waals surface area contributed by atoms with Gasteiger partial charge < -0.3 is 14.6 Å². The molecule has 0 radical (unpaired) electrons. The Morgan fingerprint density at radius 2 is 2.18 bits per heavy atom. The quantitative estimate of drug-likeness (QED) is 0.931. The van der Waals surface area contributed by atoms with Crippen molar-refractivity contribution >= 4 is 5.91 Å². The van der Waals surface area contributed by atoms with Crippen LogP contribution in [0.3, 0.4) is 0 Å². The maximum absolute atomic E-state index is 12.3. The van der Waals surface area contributed by atoms with Gasteiger partial charge in [0.1, 0.15) is 11.9 Å². The fourth-order valence-electron chi connectivity index (χ4n) is 2.94. The third kappa shape index (κ3) is 2.52. The van der Waals surface area contributed by atoms with E-state index in [-0.39, 0.29) is 18.1 Å². The van der Waals surface area contributed by atoms with Crippen LogP contribution in [0.1, 0.15) is 45.7 Å². The van der Waals surface area contributed by atoms with Gasteiger partial charge in [0.25, 0.3) is 5.91 Å². The van der Waals surface area contributed by atoms with Gasteiger partial charge in [0.05, 0.1) is 11.7 Å². The Labute approximate surface area is 128 Å². The summed E-state index contributed by atoms with van der Waals surface area (Å²) in [5, 5.41) is 11.2. The molecule has 0 aromatic carbocycles. The molecule has 1 amide bonds. The van der Waals surface area contributed by atoms with Crippen LogP contribution in [-0.2, 0) is 11.8 Å². The first-order valence-corrected chi connectivity index (χ1v) is 7.33. The lowest BCUT2D eigenvalue weighted by atomic mass is 10.00. The number of nitrogens with one attached hydrogen (secondary N) is 1. The zero-order valence-electron chi connectivity index (χ0n) is 13.2. The van der Waals surface area contributed by atoms with Gasteiger partial charge in [-0.25, -0.2) is 0 Å². The molecule has 3 rings (SSSR count). The fraction of sp³-hybridized carbons (Fsp3) is 0.533. The van der Waals surface area contributed by atoms with E-state index < -0.39 is 0 Å². The van der Waals surface area contributed by atoms with E-state index in [1.165, 1.54) is 0 Å². The molecule has 3 heterocycles. The molecule has 22 heavy (non-hydrogen) atoms. The topological polar surface area (TPSA) is 82.2 Å². The first kappa shape index (κ1) is 14.8. The second-order valence-corrected chi connectivity index (χ2v) is 5.69. The monoisotopic (exact) mass is 304 g/mol. The number of amides is 1. The molecule has 2 aromatic heterocycles. The second kappa shape index (κ2) is 5.57. The molecule has 0 spiro atoms. The van der Waals surface area contributed by atoms with Gasteiger partial charge in [-0.3, -0.25) is 9.48 Å². The highest BCUT2D eigenvalue weighted by molar-refractivity contribution is 5.92. The van der Waals surface area contributed by atoms with Crippen molar-refractivity contribution in [1.29, 1.82) is 0 Å². The minimum absolute atomic E-state index is 0.0916. The molecule has 118 valence electrons. The molecule has 0 saturated carbocycles. The third-order valence-electron chi connectivity index (χ3n) is 4.12. The summed E-state index contributed by atoms with van der Waals surface area (Å²) in [5.74, 6) is 0.375. The lowest BCUT2D eigenvalue weighted by molar-refractivity contribution is 0.0810. The highest BCUT2D eigenvalue weighted by Gasteiger charge is 2.35. The summed E-state index contributed by atoms with van der Waals surface area (Å²) in [6, 6.07) is 1.53. The SMILES string of the molecule is Cc1cc(C(=O)N[C@H]2CCO[C@@H]2c2c(C)nn(C)c2C)no1. The number of nitrogens with zero attached hydrogens (tertiary/aromatic N) is 3. The molecular weight excluding hydrogens is 284 g/mol. The minimum atomic E-state index is -0.239. The van der Waals surface area contributed by atoms with Crippen molar-refractivity contribution in [2.75, 3.05) is 6.61 Å². The van der Waals surface area contributed by atoms with Crippen molar-refractivity contribution in [2.45, 2.75) is 39.3 Å². The van der Waals surface area contributed by atoms with Crippen LogP contribution in [0.5, 0.6) is 0 Å². The zero-order chi connectivity index (χ0) is 15.9. The van der Waals surface area contributed by atoms with Crippen LogP contribution < -0.4 is 5.32 Å². The van der Waals surface area contributed by atoms with Crippen molar-refractivity contribution in [2.24, 2.45) is 7.05 Å². The molecular formula is C15H20N4O3. The third-order valence-corrected chi connectivity index (χ3v) is 4.12. The number of rotatable bonds is 3. The summed E-state index contributed by atoms with van der Waals surface area (Å²) in [4.78, 5) is 12.3. The van der Waals surface area contributed by atoms with E-state index in [4.69, 9.17) is 9.26 Å². The molecule has 7 nitrogen and oxygen atoms in total. The van der Waals surface area contributed by atoms with E-state index in [0.29, 0.717) is 18.1 Å². The molecule has 7 heteroatoms. The Kier molecular flexibility index (Phi) is 3.74. The molecule has 1 aliphatic heterocycles. The van der Waals surface area contributed by atoms with E-state index in [2.05, 4.69) is 15.6 Å². The molecule has 0 unspecified atom stereocenters. The Bertz CT molecular complexity index is 704. The van der Waals surface area contributed by atoms with Crippen molar-refractivity contribution in [3.63, 3.8) is 0 Å². The average Bonchev–Trinajstić information content (AvgIpc) is 3.13. The summed E-state index contributed by atoms with van der Waals surface area (Å²) in [7, 11) is 1.91. The minimum Gasteiger partial charge on any atom is -0.371 e. The molecule has 0 bridgehead atoms. The Balaban J connectivity index is 1.80. The van der Waals surface area contributed by atoms with Gasteiger partial charge in [0.2, 0.25) is 0 Å². The number of hydrogen-bond acceptors (Lipinski definition) is 5. The van der Waals surface area contributed by atoms with E-state index in [1.807, 2.05) is 25.6 Å². The van der Waals surface area contributed by atoms with Crippen LogP contribution in [0.15, 0.2) is 10.6 Å². The van der Waals surface area contributed by atoms with Crippen molar-refractivity contribution in [1.82, 2.24) is 20.3 Å². The summed E-state index contributed by atoms with van der Waals surface area (Å²) in [6.45, 7) is 6.34. The second-order valence-electron chi connectivity index (χ2n) is 5.69. The molecule has 2 aromatic rings. The predicted octanol–water partition coefficient (Wildman–Crippen LogP) is 1.59. The van der Waals surface area contributed by atoms with Crippen molar-refractivity contribution in [3.8, 4) is 0 Å². The van der Waals surface area contributed by atoms with E-state index in [9.17, 15) is 4.79 Å². The van der Waals surface area contributed by atoms with E-state index in [1.54, 1.807) is 13.0 Å². The molecule has 1 saturated heterocycles. The first-order valence-electron chi connectivity index (χ1n) is 7.33. The van der Waals surface area contributed by atoms with Gasteiger partial charge in [-0.05, 0) is 27.2 Å². The lowest BCUT2D eigenvalue weighted by Gasteiger charge is -2.20. The number of carbonyl (C=O) groups excluding carboxylic acids is 1. The largest absolute Gasteiger partial charge is 0.371 e. The summed E-state index contributed by atoms with van der Waals surface area (Å²) in [5.41, 5.74) is 3.34. The van der Waals surface area contributed by atoms with E-state index in [0.717, 1.165) is 23.4 Å².